The summed E-state index contributed by atoms with van der Waals surface area (Å²) in [6.45, 7) is 5.38. The lowest BCUT2D eigenvalue weighted by Crippen LogP contribution is -2.07. The second-order valence-electron chi connectivity index (χ2n) is 3.70. The molecule has 7 heteroatoms. The Bertz CT molecular complexity index is 572. The number of rotatable bonds is 3. The molecule has 0 saturated carbocycles. The van der Waals surface area contributed by atoms with Crippen molar-refractivity contribution in [1.29, 1.82) is 0 Å². The van der Waals surface area contributed by atoms with E-state index >= 15 is 0 Å². The first-order valence-electron chi connectivity index (χ1n) is 5.20. The van der Waals surface area contributed by atoms with Gasteiger partial charge in [-0.05, 0) is 20.8 Å². The molecule has 5 nitrogen and oxygen atoms in total. The number of aromatic nitrogens is 2. The predicted octanol–water partition coefficient (Wildman–Crippen LogP) is 3.07. The molecule has 2 rings (SSSR count). The molecule has 0 bridgehead atoms. The van der Waals surface area contributed by atoms with E-state index in [1.54, 1.807) is 13.8 Å². The van der Waals surface area contributed by atoms with Gasteiger partial charge < -0.3 is 9.15 Å². The summed E-state index contributed by atoms with van der Waals surface area (Å²) in [5, 5.41) is 0. The van der Waals surface area contributed by atoms with Gasteiger partial charge in [0.25, 0.3) is 0 Å². The van der Waals surface area contributed by atoms with Gasteiger partial charge in [0.15, 0.2) is 16.8 Å². The lowest BCUT2D eigenvalue weighted by Gasteiger charge is -1.99. The number of nitrogens with zero attached hydrogens (tertiary/aromatic N) is 2. The van der Waals surface area contributed by atoms with Gasteiger partial charge >= 0.3 is 5.97 Å². The topological polar surface area (TPSA) is 65.2 Å². The van der Waals surface area contributed by atoms with Crippen LogP contribution in [0.15, 0.2) is 4.42 Å². The summed E-state index contributed by atoms with van der Waals surface area (Å²) in [4.78, 5) is 20.5. The molecule has 0 aliphatic heterocycles. The second kappa shape index (κ2) is 5.07. The molecule has 0 spiro atoms. The van der Waals surface area contributed by atoms with E-state index in [1.165, 1.54) is 11.3 Å². The number of thiazole rings is 1. The summed E-state index contributed by atoms with van der Waals surface area (Å²) in [6.07, 6.45) is 0. The highest BCUT2D eigenvalue weighted by Crippen LogP contribution is 2.22. The first-order chi connectivity index (χ1) is 8.47. The van der Waals surface area contributed by atoms with Gasteiger partial charge in [0.05, 0.1) is 5.69 Å². The largest absolute Gasteiger partial charge is 0.451 e. The lowest BCUT2D eigenvalue weighted by molar-refractivity contribution is 0.0430. The maximum absolute atomic E-state index is 11.7. The van der Waals surface area contributed by atoms with Gasteiger partial charge in [-0.1, -0.05) is 11.6 Å². The van der Waals surface area contributed by atoms with E-state index < -0.39 is 5.97 Å². The van der Waals surface area contributed by atoms with Gasteiger partial charge in [-0.15, -0.1) is 11.3 Å². The fourth-order valence-electron chi connectivity index (χ4n) is 1.35. The van der Waals surface area contributed by atoms with Gasteiger partial charge in [-0.3, -0.25) is 0 Å². The van der Waals surface area contributed by atoms with Crippen LogP contribution in [0.25, 0.3) is 0 Å². The van der Waals surface area contributed by atoms with Crippen molar-refractivity contribution in [1.82, 2.24) is 9.97 Å². The molecule has 0 aromatic carbocycles. The Morgan fingerprint density at radius 2 is 2.11 bits per heavy atom. The molecule has 0 amide bonds. The average molecular weight is 287 g/mol. The van der Waals surface area contributed by atoms with Crippen molar-refractivity contribution in [3.05, 3.63) is 32.4 Å². The molecule has 18 heavy (non-hydrogen) atoms. The van der Waals surface area contributed by atoms with Crippen LogP contribution in [0, 0.1) is 20.8 Å². The van der Waals surface area contributed by atoms with Crippen molar-refractivity contribution in [2.24, 2.45) is 0 Å². The molecule has 0 aliphatic rings. The standard InChI is InChI=1S/C11H11ClN2O3S/c1-5-6(2)17-8(13-5)4-16-10(15)9-7(3)18-11(12)14-9/h4H2,1-3H3. The van der Waals surface area contributed by atoms with Crippen molar-refractivity contribution in [3.63, 3.8) is 0 Å². The number of esters is 1. The van der Waals surface area contributed by atoms with Gasteiger partial charge in [0, 0.05) is 4.88 Å². The normalized spacial score (nSPS) is 10.7. The van der Waals surface area contributed by atoms with Crippen LogP contribution in [0.4, 0.5) is 0 Å². The highest BCUT2D eigenvalue weighted by molar-refractivity contribution is 7.15. The molecule has 96 valence electrons. The number of ether oxygens (including phenoxy) is 1. The van der Waals surface area contributed by atoms with E-state index in [-0.39, 0.29) is 12.3 Å². The number of hydrogen-bond acceptors (Lipinski definition) is 6. The fraction of sp³-hybridized carbons (Fsp3) is 0.364. The Morgan fingerprint density at radius 3 is 2.61 bits per heavy atom. The Balaban J connectivity index is 2.02. The summed E-state index contributed by atoms with van der Waals surface area (Å²) in [5.41, 5.74) is 1.03. The minimum atomic E-state index is -0.524. The average Bonchev–Trinajstić information content (AvgIpc) is 2.79. The third kappa shape index (κ3) is 2.70. The summed E-state index contributed by atoms with van der Waals surface area (Å²) in [7, 11) is 0. The van der Waals surface area contributed by atoms with E-state index in [9.17, 15) is 4.79 Å². The zero-order chi connectivity index (χ0) is 13.3. The minimum absolute atomic E-state index is 0.0118. The van der Waals surface area contributed by atoms with E-state index in [2.05, 4.69) is 9.97 Å². The number of carbonyl (C=O) groups excluding carboxylic acids is 1. The first-order valence-corrected chi connectivity index (χ1v) is 6.39. The molecular weight excluding hydrogens is 276 g/mol. The monoisotopic (exact) mass is 286 g/mol. The molecular formula is C11H11ClN2O3S. The Kier molecular flexibility index (Phi) is 3.68. The predicted molar refractivity (Wildman–Crippen MR) is 67.0 cm³/mol. The van der Waals surface area contributed by atoms with Crippen LogP contribution in [0.1, 0.15) is 32.7 Å². The molecule has 0 atom stereocenters. The number of hydrogen-bond donors (Lipinski definition) is 0. The van der Waals surface area contributed by atoms with E-state index in [0.29, 0.717) is 16.1 Å². The number of carbonyl (C=O) groups is 1. The molecule has 2 aromatic rings. The fourth-order valence-corrected chi connectivity index (χ4v) is 2.40. The Labute approximate surface area is 113 Å². The molecule has 0 unspecified atom stereocenters. The zero-order valence-electron chi connectivity index (χ0n) is 10.1. The maximum atomic E-state index is 11.7. The van der Waals surface area contributed by atoms with Gasteiger partial charge in [0.1, 0.15) is 5.76 Å². The van der Waals surface area contributed by atoms with Crippen LogP contribution in [-0.4, -0.2) is 15.9 Å². The molecule has 0 N–H and O–H groups in total. The summed E-state index contributed by atoms with van der Waals surface area (Å²) in [6, 6.07) is 0. The molecule has 0 aliphatic carbocycles. The second-order valence-corrected chi connectivity index (χ2v) is 5.48. The molecule has 0 radical (unpaired) electrons. The third-order valence-corrected chi connectivity index (χ3v) is 3.44. The van der Waals surface area contributed by atoms with E-state index in [0.717, 1.165) is 10.6 Å². The molecule has 0 fully saturated rings. The molecule has 2 aromatic heterocycles. The van der Waals surface area contributed by atoms with Gasteiger partial charge in [-0.2, -0.15) is 0 Å². The lowest BCUT2D eigenvalue weighted by atomic mass is 10.4. The number of oxazole rings is 1. The van der Waals surface area contributed by atoms with Crippen LogP contribution in [-0.2, 0) is 11.3 Å². The van der Waals surface area contributed by atoms with Crippen LogP contribution < -0.4 is 0 Å². The van der Waals surface area contributed by atoms with Crippen LogP contribution in [0.5, 0.6) is 0 Å². The maximum Gasteiger partial charge on any atom is 0.358 e. The van der Waals surface area contributed by atoms with Gasteiger partial charge in [-0.25, -0.2) is 14.8 Å². The SMILES string of the molecule is Cc1nc(COC(=O)c2nc(Cl)sc2C)oc1C. The van der Waals surface area contributed by atoms with E-state index in [4.69, 9.17) is 20.8 Å². The van der Waals surface area contributed by atoms with Gasteiger partial charge in [0.2, 0.25) is 5.89 Å². The number of aryl methyl sites for hydroxylation is 3. The number of halogens is 1. The summed E-state index contributed by atoms with van der Waals surface area (Å²) in [5.74, 6) is 0.565. The Hall–Kier alpha value is -1.40. The van der Waals surface area contributed by atoms with Crippen LogP contribution in [0.3, 0.4) is 0 Å². The molecule has 0 saturated heterocycles. The van der Waals surface area contributed by atoms with Crippen molar-refractivity contribution >= 4 is 28.9 Å². The van der Waals surface area contributed by atoms with Crippen LogP contribution >= 0.6 is 22.9 Å². The van der Waals surface area contributed by atoms with Crippen molar-refractivity contribution < 1.29 is 13.9 Å². The zero-order valence-corrected chi connectivity index (χ0v) is 11.7. The highest BCUT2D eigenvalue weighted by Gasteiger charge is 2.17. The van der Waals surface area contributed by atoms with Crippen molar-refractivity contribution in [2.75, 3.05) is 0 Å². The minimum Gasteiger partial charge on any atom is -0.451 e. The highest BCUT2D eigenvalue weighted by atomic mass is 35.5. The van der Waals surface area contributed by atoms with Crippen molar-refractivity contribution in [2.45, 2.75) is 27.4 Å². The Morgan fingerprint density at radius 1 is 1.39 bits per heavy atom. The summed E-state index contributed by atoms with van der Waals surface area (Å²) < 4.78 is 10.7. The quantitative estimate of drug-likeness (QED) is 0.811. The molecule has 2 heterocycles. The third-order valence-electron chi connectivity index (χ3n) is 2.36. The van der Waals surface area contributed by atoms with E-state index in [1.807, 2.05) is 6.92 Å². The summed E-state index contributed by atoms with van der Waals surface area (Å²) >= 11 is 6.96. The first kappa shape index (κ1) is 13.0. The smallest absolute Gasteiger partial charge is 0.358 e. The van der Waals surface area contributed by atoms with Crippen LogP contribution in [0.2, 0.25) is 4.47 Å². The van der Waals surface area contributed by atoms with Crippen molar-refractivity contribution in [3.8, 4) is 0 Å².